The molecule has 1 atom stereocenters. The Bertz CT molecular complexity index is 791. The van der Waals surface area contributed by atoms with Crippen LogP contribution in [0.25, 0.3) is 0 Å². The molecule has 1 aromatic rings. The first-order valence-corrected chi connectivity index (χ1v) is 9.64. The molecule has 9 heteroatoms. The highest BCUT2D eigenvalue weighted by Crippen LogP contribution is 2.20. The molecule has 3 amide bonds. The summed E-state index contributed by atoms with van der Waals surface area (Å²) in [4.78, 5) is 36.5. The van der Waals surface area contributed by atoms with Crippen LogP contribution in [0.2, 0.25) is 0 Å². The molecule has 0 saturated carbocycles. The SMILES string of the molecule is CC(=O)Nc1cccc(N(CC(=O)NC2CCS(=O)(=O)C2)C(C)=O)c1. The fraction of sp³-hybridized carbons (Fsp3) is 0.438. The molecule has 1 heterocycles. The first kappa shape index (κ1) is 18.9. The highest BCUT2D eigenvalue weighted by molar-refractivity contribution is 7.91. The molecule has 0 spiro atoms. The van der Waals surface area contributed by atoms with E-state index in [0.717, 1.165) is 0 Å². The molecular weight excluding hydrogens is 346 g/mol. The number of nitrogens with one attached hydrogen (secondary N) is 2. The number of nitrogens with zero attached hydrogens (tertiary/aromatic N) is 1. The maximum absolute atomic E-state index is 12.2. The molecule has 1 unspecified atom stereocenters. The van der Waals surface area contributed by atoms with Crippen molar-refractivity contribution in [3.63, 3.8) is 0 Å². The van der Waals surface area contributed by atoms with Gasteiger partial charge in [-0.2, -0.15) is 0 Å². The van der Waals surface area contributed by atoms with E-state index in [1.807, 2.05) is 0 Å². The maximum Gasteiger partial charge on any atom is 0.240 e. The van der Waals surface area contributed by atoms with Gasteiger partial charge in [0.05, 0.1) is 11.5 Å². The second kappa shape index (κ2) is 7.64. The van der Waals surface area contributed by atoms with Gasteiger partial charge >= 0.3 is 0 Å². The van der Waals surface area contributed by atoms with Gasteiger partial charge in [0.1, 0.15) is 6.54 Å². The minimum atomic E-state index is -3.09. The zero-order valence-corrected chi connectivity index (χ0v) is 14.9. The summed E-state index contributed by atoms with van der Waals surface area (Å²) in [5, 5.41) is 5.27. The van der Waals surface area contributed by atoms with Crippen LogP contribution in [0, 0.1) is 0 Å². The maximum atomic E-state index is 12.2. The summed E-state index contributed by atoms with van der Waals surface area (Å²) < 4.78 is 22.9. The number of hydrogen-bond acceptors (Lipinski definition) is 5. The fourth-order valence-electron chi connectivity index (χ4n) is 2.67. The standard InChI is InChI=1S/C16H21N3O5S/c1-11(20)17-13-4-3-5-15(8-13)19(12(2)21)9-16(22)18-14-6-7-25(23,24)10-14/h3-5,8,14H,6-7,9-10H2,1-2H3,(H,17,20)(H,18,22). The molecule has 1 aliphatic heterocycles. The number of benzene rings is 1. The third-order valence-corrected chi connectivity index (χ3v) is 5.53. The second-order valence-corrected chi connectivity index (χ2v) is 8.23. The lowest BCUT2D eigenvalue weighted by Crippen LogP contribution is -2.44. The summed E-state index contributed by atoms with van der Waals surface area (Å²) in [5.41, 5.74) is 0.978. The third kappa shape index (κ3) is 5.56. The van der Waals surface area contributed by atoms with Crippen molar-refractivity contribution < 1.29 is 22.8 Å². The Balaban J connectivity index is 2.07. The Labute approximate surface area is 146 Å². The lowest BCUT2D eigenvalue weighted by atomic mass is 10.2. The summed E-state index contributed by atoms with van der Waals surface area (Å²) >= 11 is 0. The van der Waals surface area contributed by atoms with Gasteiger partial charge in [0.2, 0.25) is 17.7 Å². The van der Waals surface area contributed by atoms with Gasteiger partial charge in [-0.3, -0.25) is 14.4 Å². The molecule has 8 nitrogen and oxygen atoms in total. The monoisotopic (exact) mass is 367 g/mol. The van der Waals surface area contributed by atoms with Crippen molar-refractivity contribution in [2.45, 2.75) is 26.3 Å². The molecule has 0 radical (unpaired) electrons. The number of rotatable bonds is 5. The van der Waals surface area contributed by atoms with Crippen LogP contribution in [0.1, 0.15) is 20.3 Å². The molecule has 1 fully saturated rings. The van der Waals surface area contributed by atoms with Crippen molar-refractivity contribution >= 4 is 38.9 Å². The smallest absolute Gasteiger partial charge is 0.240 e. The predicted octanol–water partition coefficient (Wildman–Crippen LogP) is 0.301. The number of amides is 3. The largest absolute Gasteiger partial charge is 0.351 e. The van der Waals surface area contributed by atoms with E-state index < -0.39 is 21.8 Å². The quantitative estimate of drug-likeness (QED) is 0.777. The summed E-state index contributed by atoms with van der Waals surface area (Å²) in [6, 6.07) is 6.16. The minimum absolute atomic E-state index is 0.0626. The Hall–Kier alpha value is -2.42. The van der Waals surface area contributed by atoms with Crippen molar-refractivity contribution in [1.29, 1.82) is 0 Å². The molecule has 0 bridgehead atoms. The van der Waals surface area contributed by atoms with Crippen molar-refractivity contribution in [2.24, 2.45) is 0 Å². The first-order chi connectivity index (χ1) is 11.7. The van der Waals surface area contributed by atoms with Crippen LogP contribution in [0.15, 0.2) is 24.3 Å². The van der Waals surface area contributed by atoms with E-state index in [-0.39, 0.29) is 29.9 Å². The summed E-state index contributed by atoms with van der Waals surface area (Å²) in [5.74, 6) is -1.02. The highest BCUT2D eigenvalue weighted by atomic mass is 32.2. The van der Waals surface area contributed by atoms with Gasteiger partial charge in [-0.15, -0.1) is 0 Å². The Morgan fingerprint density at radius 1 is 1.24 bits per heavy atom. The topological polar surface area (TPSA) is 113 Å². The van der Waals surface area contributed by atoms with E-state index in [0.29, 0.717) is 17.8 Å². The van der Waals surface area contributed by atoms with Gasteiger partial charge in [-0.05, 0) is 24.6 Å². The molecular formula is C16H21N3O5S. The average Bonchev–Trinajstić information content (AvgIpc) is 2.83. The zero-order valence-electron chi connectivity index (χ0n) is 14.1. The number of carbonyl (C=O) groups is 3. The van der Waals surface area contributed by atoms with Crippen molar-refractivity contribution in [3.8, 4) is 0 Å². The van der Waals surface area contributed by atoms with Gasteiger partial charge in [-0.25, -0.2) is 8.42 Å². The molecule has 1 aliphatic rings. The van der Waals surface area contributed by atoms with Crippen LogP contribution in [0.4, 0.5) is 11.4 Å². The summed E-state index contributed by atoms with van der Waals surface area (Å²) in [7, 11) is -3.09. The highest BCUT2D eigenvalue weighted by Gasteiger charge is 2.29. The minimum Gasteiger partial charge on any atom is -0.351 e. The van der Waals surface area contributed by atoms with Crippen LogP contribution >= 0.6 is 0 Å². The van der Waals surface area contributed by atoms with E-state index in [2.05, 4.69) is 10.6 Å². The molecule has 1 saturated heterocycles. The Morgan fingerprint density at radius 2 is 1.96 bits per heavy atom. The summed E-state index contributed by atoms with van der Waals surface area (Å²) in [6.45, 7) is 2.48. The van der Waals surface area contributed by atoms with E-state index in [4.69, 9.17) is 0 Å². The predicted molar refractivity (Wildman–Crippen MR) is 94.0 cm³/mol. The van der Waals surface area contributed by atoms with Crippen LogP contribution in [0.3, 0.4) is 0 Å². The third-order valence-electron chi connectivity index (χ3n) is 3.76. The number of carbonyl (C=O) groups excluding carboxylic acids is 3. The van der Waals surface area contributed by atoms with Crippen LogP contribution in [0.5, 0.6) is 0 Å². The van der Waals surface area contributed by atoms with Gasteiger partial charge in [0.15, 0.2) is 9.84 Å². The van der Waals surface area contributed by atoms with E-state index in [1.165, 1.54) is 18.7 Å². The van der Waals surface area contributed by atoms with E-state index in [9.17, 15) is 22.8 Å². The molecule has 1 aromatic carbocycles. The van der Waals surface area contributed by atoms with Gasteiger partial charge < -0.3 is 15.5 Å². The summed E-state index contributed by atoms with van der Waals surface area (Å²) in [6.07, 6.45) is 0.381. The average molecular weight is 367 g/mol. The van der Waals surface area contributed by atoms with E-state index >= 15 is 0 Å². The first-order valence-electron chi connectivity index (χ1n) is 7.82. The Kier molecular flexibility index (Phi) is 5.78. The molecule has 0 aliphatic carbocycles. The zero-order chi connectivity index (χ0) is 18.6. The fourth-order valence-corrected chi connectivity index (χ4v) is 4.34. The van der Waals surface area contributed by atoms with Gasteiger partial charge in [0.25, 0.3) is 0 Å². The number of hydrogen-bond donors (Lipinski definition) is 2. The number of sulfone groups is 1. The van der Waals surface area contributed by atoms with Crippen molar-refractivity contribution in [1.82, 2.24) is 5.32 Å². The molecule has 25 heavy (non-hydrogen) atoms. The molecule has 2 N–H and O–H groups in total. The number of anilines is 2. The molecule has 2 rings (SSSR count). The van der Waals surface area contributed by atoms with Gasteiger partial charge in [-0.1, -0.05) is 6.07 Å². The normalized spacial score (nSPS) is 18.4. The lowest BCUT2D eigenvalue weighted by molar-refractivity contribution is -0.123. The van der Waals surface area contributed by atoms with Crippen molar-refractivity contribution in [3.05, 3.63) is 24.3 Å². The van der Waals surface area contributed by atoms with Crippen molar-refractivity contribution in [2.75, 3.05) is 28.3 Å². The van der Waals surface area contributed by atoms with Crippen LogP contribution in [-0.4, -0.2) is 50.2 Å². The van der Waals surface area contributed by atoms with Gasteiger partial charge in [0, 0.05) is 31.3 Å². The van der Waals surface area contributed by atoms with E-state index in [1.54, 1.807) is 24.3 Å². The van der Waals surface area contributed by atoms with Crippen LogP contribution in [-0.2, 0) is 24.2 Å². The molecule has 0 aromatic heterocycles. The molecule has 136 valence electrons. The second-order valence-electron chi connectivity index (χ2n) is 6.00. The van der Waals surface area contributed by atoms with Crippen LogP contribution < -0.4 is 15.5 Å². The Morgan fingerprint density at radius 3 is 2.52 bits per heavy atom. The lowest BCUT2D eigenvalue weighted by Gasteiger charge is -2.22.